The highest BCUT2D eigenvalue weighted by Gasteiger charge is 2.48. The van der Waals surface area contributed by atoms with Gasteiger partial charge < -0.3 is 0 Å². The van der Waals surface area contributed by atoms with Crippen LogP contribution in [0.25, 0.3) is 0 Å². The maximum absolute atomic E-state index is 11.6. The van der Waals surface area contributed by atoms with Crippen LogP contribution in [-0.4, -0.2) is 32.1 Å². The first kappa shape index (κ1) is 13.7. The van der Waals surface area contributed by atoms with Gasteiger partial charge in [0.2, 0.25) is 0 Å². The van der Waals surface area contributed by atoms with Crippen molar-refractivity contribution < 1.29 is 0 Å². The molecule has 0 bridgehead atoms. The fourth-order valence-corrected chi connectivity index (χ4v) is 3.69. The van der Waals surface area contributed by atoms with Gasteiger partial charge in [-0.25, -0.2) is 9.89 Å². The van der Waals surface area contributed by atoms with E-state index in [0.717, 1.165) is 12.8 Å². The Balaban J connectivity index is 1.73. The maximum Gasteiger partial charge on any atom is 0.343 e. The van der Waals surface area contributed by atoms with Crippen molar-refractivity contribution in [2.75, 3.05) is 5.75 Å². The number of H-pyrrole nitrogens is 1. The number of rotatable bonds is 7. The van der Waals surface area contributed by atoms with E-state index in [0.29, 0.717) is 29.4 Å². The van der Waals surface area contributed by atoms with Crippen LogP contribution >= 0.6 is 11.8 Å². The first-order valence-corrected chi connectivity index (χ1v) is 8.14. The maximum atomic E-state index is 11.6. The summed E-state index contributed by atoms with van der Waals surface area (Å²) in [7, 11) is 0. The summed E-state index contributed by atoms with van der Waals surface area (Å²) in [4.78, 5) is 11.6. The molecule has 1 aromatic rings. The predicted octanol–water partition coefficient (Wildman–Crippen LogP) is 1.11. The molecule has 1 heterocycles. The van der Waals surface area contributed by atoms with Gasteiger partial charge in [-0.2, -0.15) is 5.26 Å². The summed E-state index contributed by atoms with van der Waals surface area (Å²) < 4.78 is 1.61. The van der Waals surface area contributed by atoms with E-state index in [1.54, 1.807) is 4.57 Å². The van der Waals surface area contributed by atoms with Gasteiger partial charge in [0.1, 0.15) is 5.54 Å². The van der Waals surface area contributed by atoms with Crippen molar-refractivity contribution >= 4 is 11.8 Å². The van der Waals surface area contributed by atoms with Crippen molar-refractivity contribution in [3.63, 3.8) is 0 Å². The van der Waals surface area contributed by atoms with Crippen molar-refractivity contribution in [3.8, 4) is 6.07 Å². The number of aromatic nitrogens is 3. The van der Waals surface area contributed by atoms with Gasteiger partial charge in [0.25, 0.3) is 0 Å². The Morgan fingerprint density at radius 2 is 2.30 bits per heavy atom. The predicted molar refractivity (Wildman–Crippen MR) is 76.5 cm³/mol. The lowest BCUT2D eigenvalue weighted by molar-refractivity contribution is 0.401. The Hall–Kier alpha value is -1.26. The van der Waals surface area contributed by atoms with Gasteiger partial charge in [0.15, 0.2) is 5.16 Å². The average molecular weight is 293 g/mol. The van der Waals surface area contributed by atoms with Crippen LogP contribution in [0.3, 0.4) is 0 Å². The van der Waals surface area contributed by atoms with E-state index in [2.05, 4.69) is 21.6 Å². The SMILES string of the molecule is CCn1c(SCC(C#N)(NC2CC2)C2CC2)n[nH]c1=O. The Labute approximate surface area is 121 Å². The highest BCUT2D eigenvalue weighted by atomic mass is 32.2. The molecule has 2 fully saturated rings. The lowest BCUT2D eigenvalue weighted by Crippen LogP contribution is -2.49. The van der Waals surface area contributed by atoms with Crippen LogP contribution in [-0.2, 0) is 6.54 Å². The van der Waals surface area contributed by atoms with Gasteiger partial charge in [-0.05, 0) is 38.5 Å². The minimum atomic E-state index is -0.459. The summed E-state index contributed by atoms with van der Waals surface area (Å²) in [6.45, 7) is 2.51. The molecule has 2 saturated carbocycles. The summed E-state index contributed by atoms with van der Waals surface area (Å²) in [5, 5.41) is 20.4. The molecule has 108 valence electrons. The van der Waals surface area contributed by atoms with E-state index in [9.17, 15) is 10.1 Å². The first-order chi connectivity index (χ1) is 9.68. The van der Waals surface area contributed by atoms with E-state index in [4.69, 9.17) is 0 Å². The first-order valence-electron chi connectivity index (χ1n) is 7.15. The van der Waals surface area contributed by atoms with Crippen LogP contribution in [0.1, 0.15) is 32.6 Å². The van der Waals surface area contributed by atoms with Crippen molar-refractivity contribution in [1.82, 2.24) is 20.1 Å². The molecular formula is C13H19N5OS. The number of aromatic amines is 1. The number of thioether (sulfide) groups is 1. The van der Waals surface area contributed by atoms with E-state index < -0.39 is 5.54 Å². The smallest absolute Gasteiger partial charge is 0.296 e. The van der Waals surface area contributed by atoms with Gasteiger partial charge >= 0.3 is 5.69 Å². The second-order valence-electron chi connectivity index (χ2n) is 5.62. The van der Waals surface area contributed by atoms with Crippen LogP contribution in [0.5, 0.6) is 0 Å². The van der Waals surface area contributed by atoms with Crippen molar-refractivity contribution in [1.29, 1.82) is 5.26 Å². The number of nitrogens with zero attached hydrogens (tertiary/aromatic N) is 3. The topological polar surface area (TPSA) is 86.5 Å². The highest BCUT2D eigenvalue weighted by Crippen LogP contribution is 2.43. The molecule has 20 heavy (non-hydrogen) atoms. The standard InChI is InChI=1S/C13H19N5OS/c1-2-18-11(19)16-17-12(18)20-8-13(7-14,9-3-4-9)15-10-5-6-10/h9-10,15H,2-6,8H2,1H3,(H,16,19). The van der Waals surface area contributed by atoms with E-state index in [-0.39, 0.29) is 5.69 Å². The third kappa shape index (κ3) is 2.63. The molecule has 0 amide bonds. The summed E-state index contributed by atoms with van der Waals surface area (Å²) in [5.41, 5.74) is -0.640. The molecule has 1 unspecified atom stereocenters. The van der Waals surface area contributed by atoms with Crippen LogP contribution < -0.4 is 11.0 Å². The molecule has 1 atom stereocenters. The number of hydrogen-bond acceptors (Lipinski definition) is 5. The van der Waals surface area contributed by atoms with E-state index in [1.807, 2.05) is 6.92 Å². The summed E-state index contributed by atoms with van der Waals surface area (Å²) in [6.07, 6.45) is 4.58. The van der Waals surface area contributed by atoms with E-state index in [1.165, 1.54) is 24.6 Å². The van der Waals surface area contributed by atoms with Crippen molar-refractivity contribution in [2.45, 2.75) is 55.9 Å². The lowest BCUT2D eigenvalue weighted by Gasteiger charge is -2.27. The lowest BCUT2D eigenvalue weighted by atomic mass is 9.97. The summed E-state index contributed by atoms with van der Waals surface area (Å²) in [5.74, 6) is 1.09. The van der Waals surface area contributed by atoms with Gasteiger partial charge in [0, 0.05) is 18.3 Å². The zero-order valence-electron chi connectivity index (χ0n) is 11.6. The molecule has 0 aliphatic heterocycles. The van der Waals surface area contributed by atoms with Crippen LogP contribution in [0.2, 0.25) is 0 Å². The molecule has 7 heteroatoms. The largest absolute Gasteiger partial charge is 0.343 e. The normalized spacial score (nSPS) is 21.4. The van der Waals surface area contributed by atoms with Crippen LogP contribution in [0.15, 0.2) is 9.95 Å². The highest BCUT2D eigenvalue weighted by molar-refractivity contribution is 7.99. The zero-order chi connectivity index (χ0) is 14.2. The second-order valence-corrected chi connectivity index (χ2v) is 6.56. The number of nitrogens with one attached hydrogen (secondary N) is 2. The fourth-order valence-electron chi connectivity index (χ4n) is 2.47. The fraction of sp³-hybridized carbons (Fsp3) is 0.769. The Bertz CT molecular complexity index is 580. The average Bonchev–Trinajstić information content (AvgIpc) is 3.34. The van der Waals surface area contributed by atoms with Gasteiger partial charge in [0.05, 0.1) is 6.07 Å². The molecule has 2 aliphatic carbocycles. The molecular weight excluding hydrogens is 274 g/mol. The second kappa shape index (κ2) is 5.26. The molecule has 2 aliphatic rings. The summed E-state index contributed by atoms with van der Waals surface area (Å²) in [6, 6.07) is 3.01. The molecule has 6 nitrogen and oxygen atoms in total. The Morgan fingerprint density at radius 3 is 2.85 bits per heavy atom. The van der Waals surface area contributed by atoms with Crippen LogP contribution in [0.4, 0.5) is 0 Å². The third-order valence-electron chi connectivity index (χ3n) is 3.98. The van der Waals surface area contributed by atoms with E-state index >= 15 is 0 Å². The van der Waals surface area contributed by atoms with Gasteiger partial charge in [-0.1, -0.05) is 11.8 Å². The van der Waals surface area contributed by atoms with Gasteiger partial charge in [-0.3, -0.25) is 9.88 Å². The molecule has 1 aromatic heterocycles. The zero-order valence-corrected chi connectivity index (χ0v) is 12.4. The molecule has 2 N–H and O–H groups in total. The monoisotopic (exact) mass is 293 g/mol. The molecule has 0 saturated heterocycles. The molecule has 0 radical (unpaired) electrons. The third-order valence-corrected chi connectivity index (χ3v) is 5.15. The van der Waals surface area contributed by atoms with Crippen LogP contribution in [0, 0.1) is 17.2 Å². The number of hydrogen-bond donors (Lipinski definition) is 2. The molecule has 3 rings (SSSR count). The van der Waals surface area contributed by atoms with Crippen molar-refractivity contribution in [3.05, 3.63) is 10.5 Å². The minimum absolute atomic E-state index is 0.181. The molecule has 0 spiro atoms. The molecule has 0 aromatic carbocycles. The van der Waals surface area contributed by atoms with Crippen molar-refractivity contribution in [2.24, 2.45) is 5.92 Å². The Kier molecular flexibility index (Phi) is 3.61. The number of nitriles is 1. The Morgan fingerprint density at radius 1 is 1.55 bits per heavy atom. The minimum Gasteiger partial charge on any atom is -0.296 e. The quantitative estimate of drug-likeness (QED) is 0.735. The summed E-state index contributed by atoms with van der Waals surface area (Å²) >= 11 is 1.50. The van der Waals surface area contributed by atoms with Gasteiger partial charge in [-0.15, -0.1) is 5.10 Å².